The van der Waals surface area contributed by atoms with Gasteiger partial charge >= 0.3 is 0 Å². The van der Waals surface area contributed by atoms with Crippen LogP contribution in [0, 0.1) is 5.82 Å². The summed E-state index contributed by atoms with van der Waals surface area (Å²) in [4.78, 5) is 1.98. The van der Waals surface area contributed by atoms with Crippen LogP contribution in [0.2, 0.25) is 0 Å². The van der Waals surface area contributed by atoms with Crippen molar-refractivity contribution in [1.82, 2.24) is 0 Å². The zero-order chi connectivity index (χ0) is 14.5. The fraction of sp³-hybridized carbons (Fsp3) is 0.250. The van der Waals surface area contributed by atoms with E-state index in [2.05, 4.69) is 0 Å². The lowest BCUT2D eigenvalue weighted by molar-refractivity contribution is 0.414. The summed E-state index contributed by atoms with van der Waals surface area (Å²) < 4.78 is 18.9. The Labute approximate surface area is 123 Å². The Morgan fingerprint density at radius 2 is 1.95 bits per heavy atom. The molecule has 0 saturated carbocycles. The van der Waals surface area contributed by atoms with Gasteiger partial charge < -0.3 is 9.64 Å². The standard InChI is InChI=1S/C16H17ClFNO/c1-19(11-12-5-3-6-13(9-12)20-2)16-8-4-7-15(18)14(16)10-17/h3-9H,10-11H2,1-2H3. The number of methoxy groups -OCH3 is 1. The molecule has 0 heterocycles. The van der Waals surface area contributed by atoms with Crippen LogP contribution in [0.25, 0.3) is 0 Å². The molecule has 20 heavy (non-hydrogen) atoms. The molecular formula is C16H17ClFNO. The maximum atomic E-state index is 13.7. The first-order valence-corrected chi connectivity index (χ1v) is 6.86. The van der Waals surface area contributed by atoms with Crippen molar-refractivity contribution >= 4 is 17.3 Å². The number of rotatable bonds is 5. The fourth-order valence-electron chi connectivity index (χ4n) is 2.17. The summed E-state index contributed by atoms with van der Waals surface area (Å²) in [6.07, 6.45) is 0. The Bertz CT molecular complexity index is 588. The Morgan fingerprint density at radius 3 is 2.65 bits per heavy atom. The molecule has 0 spiro atoms. The van der Waals surface area contributed by atoms with E-state index in [1.807, 2.05) is 42.3 Å². The molecule has 0 aliphatic carbocycles. The highest BCUT2D eigenvalue weighted by Gasteiger charge is 2.11. The molecule has 0 aliphatic rings. The molecule has 0 bridgehead atoms. The van der Waals surface area contributed by atoms with E-state index < -0.39 is 0 Å². The molecule has 2 aromatic rings. The molecule has 0 fully saturated rings. The highest BCUT2D eigenvalue weighted by atomic mass is 35.5. The van der Waals surface area contributed by atoms with Crippen molar-refractivity contribution in [2.45, 2.75) is 12.4 Å². The van der Waals surface area contributed by atoms with Crippen molar-refractivity contribution < 1.29 is 9.13 Å². The lowest BCUT2D eigenvalue weighted by Crippen LogP contribution is -2.18. The van der Waals surface area contributed by atoms with E-state index in [1.165, 1.54) is 6.07 Å². The third kappa shape index (κ3) is 3.23. The fourth-order valence-corrected chi connectivity index (χ4v) is 2.43. The van der Waals surface area contributed by atoms with Crippen molar-refractivity contribution in [3.05, 3.63) is 59.4 Å². The lowest BCUT2D eigenvalue weighted by Gasteiger charge is -2.22. The summed E-state index contributed by atoms with van der Waals surface area (Å²) in [5, 5.41) is 0. The second kappa shape index (κ2) is 6.62. The van der Waals surface area contributed by atoms with Crippen LogP contribution in [0.3, 0.4) is 0 Å². The average Bonchev–Trinajstić information content (AvgIpc) is 2.47. The van der Waals surface area contributed by atoms with Crippen molar-refractivity contribution in [2.75, 3.05) is 19.1 Å². The second-order valence-electron chi connectivity index (χ2n) is 4.58. The molecule has 2 nitrogen and oxygen atoms in total. The van der Waals surface area contributed by atoms with Gasteiger partial charge in [-0.05, 0) is 29.8 Å². The summed E-state index contributed by atoms with van der Waals surface area (Å²) in [5.74, 6) is 0.701. The van der Waals surface area contributed by atoms with Crippen LogP contribution in [0.5, 0.6) is 5.75 Å². The third-order valence-electron chi connectivity index (χ3n) is 3.19. The maximum absolute atomic E-state index is 13.7. The van der Waals surface area contributed by atoms with Crippen LogP contribution < -0.4 is 9.64 Å². The van der Waals surface area contributed by atoms with Gasteiger partial charge in [0.2, 0.25) is 0 Å². The highest BCUT2D eigenvalue weighted by molar-refractivity contribution is 6.17. The van der Waals surface area contributed by atoms with Crippen LogP contribution in [-0.4, -0.2) is 14.2 Å². The Morgan fingerprint density at radius 1 is 1.20 bits per heavy atom. The second-order valence-corrected chi connectivity index (χ2v) is 4.85. The molecule has 0 aromatic heterocycles. The first-order chi connectivity index (χ1) is 9.65. The number of alkyl halides is 1. The largest absolute Gasteiger partial charge is 0.497 e. The molecule has 0 radical (unpaired) electrons. The van der Waals surface area contributed by atoms with Crippen LogP contribution in [0.15, 0.2) is 42.5 Å². The predicted molar refractivity (Wildman–Crippen MR) is 81.1 cm³/mol. The van der Waals surface area contributed by atoms with E-state index in [0.717, 1.165) is 17.0 Å². The third-order valence-corrected chi connectivity index (χ3v) is 3.46. The van der Waals surface area contributed by atoms with Crippen LogP contribution in [-0.2, 0) is 12.4 Å². The number of hydrogen-bond acceptors (Lipinski definition) is 2. The number of nitrogens with zero attached hydrogens (tertiary/aromatic N) is 1. The van der Waals surface area contributed by atoms with E-state index in [1.54, 1.807) is 13.2 Å². The van der Waals surface area contributed by atoms with Gasteiger partial charge in [-0.25, -0.2) is 4.39 Å². The monoisotopic (exact) mass is 293 g/mol. The van der Waals surface area contributed by atoms with Crippen molar-refractivity contribution in [1.29, 1.82) is 0 Å². The highest BCUT2D eigenvalue weighted by Crippen LogP contribution is 2.25. The molecule has 0 amide bonds. The minimum absolute atomic E-state index is 0.157. The summed E-state index contributed by atoms with van der Waals surface area (Å²) in [5.41, 5.74) is 2.43. The minimum Gasteiger partial charge on any atom is -0.497 e. The zero-order valence-electron chi connectivity index (χ0n) is 11.6. The quantitative estimate of drug-likeness (QED) is 0.766. The number of anilines is 1. The van der Waals surface area contributed by atoms with Gasteiger partial charge in [-0.3, -0.25) is 0 Å². The topological polar surface area (TPSA) is 12.5 Å². The Balaban J connectivity index is 2.23. The molecule has 0 N–H and O–H groups in total. The molecule has 4 heteroatoms. The van der Waals surface area contributed by atoms with Gasteiger partial charge in [0.05, 0.1) is 13.0 Å². The smallest absolute Gasteiger partial charge is 0.129 e. The first-order valence-electron chi connectivity index (χ1n) is 6.33. The summed E-state index contributed by atoms with van der Waals surface area (Å²) in [6, 6.07) is 12.8. The molecular weight excluding hydrogens is 277 g/mol. The van der Waals surface area contributed by atoms with Gasteiger partial charge in [0.15, 0.2) is 0 Å². The number of benzene rings is 2. The van der Waals surface area contributed by atoms with E-state index in [0.29, 0.717) is 12.1 Å². The molecule has 0 unspecified atom stereocenters. The van der Waals surface area contributed by atoms with Gasteiger partial charge in [-0.15, -0.1) is 11.6 Å². The summed E-state index contributed by atoms with van der Waals surface area (Å²) in [7, 11) is 3.56. The van der Waals surface area contributed by atoms with Gasteiger partial charge in [-0.2, -0.15) is 0 Å². The van der Waals surface area contributed by atoms with Crippen molar-refractivity contribution in [3.63, 3.8) is 0 Å². The van der Waals surface area contributed by atoms with Crippen LogP contribution >= 0.6 is 11.6 Å². The molecule has 0 aliphatic heterocycles. The summed E-state index contributed by atoms with van der Waals surface area (Å²) >= 11 is 5.85. The predicted octanol–water partition coefficient (Wildman–Crippen LogP) is 4.21. The van der Waals surface area contributed by atoms with Crippen LogP contribution in [0.1, 0.15) is 11.1 Å². The Kier molecular flexibility index (Phi) is 4.85. The molecule has 2 aromatic carbocycles. The molecule has 0 atom stereocenters. The van der Waals surface area contributed by atoms with E-state index in [9.17, 15) is 4.39 Å². The Hall–Kier alpha value is -1.74. The summed E-state index contributed by atoms with van der Waals surface area (Å²) in [6.45, 7) is 0.657. The molecule has 0 saturated heterocycles. The number of hydrogen-bond donors (Lipinski definition) is 0. The number of halogens is 2. The zero-order valence-corrected chi connectivity index (χ0v) is 12.3. The van der Waals surface area contributed by atoms with Crippen molar-refractivity contribution in [2.24, 2.45) is 0 Å². The average molecular weight is 294 g/mol. The van der Waals surface area contributed by atoms with Gasteiger partial charge in [0.25, 0.3) is 0 Å². The molecule has 106 valence electrons. The van der Waals surface area contributed by atoms with E-state index >= 15 is 0 Å². The van der Waals surface area contributed by atoms with Crippen molar-refractivity contribution in [3.8, 4) is 5.75 Å². The minimum atomic E-state index is -0.269. The maximum Gasteiger partial charge on any atom is 0.129 e. The molecule has 2 rings (SSSR count). The van der Waals surface area contributed by atoms with Gasteiger partial charge in [0.1, 0.15) is 11.6 Å². The van der Waals surface area contributed by atoms with E-state index in [4.69, 9.17) is 16.3 Å². The lowest BCUT2D eigenvalue weighted by atomic mass is 10.1. The SMILES string of the molecule is COc1cccc(CN(C)c2cccc(F)c2CCl)c1. The number of ether oxygens (including phenoxy) is 1. The first kappa shape index (κ1) is 14.7. The van der Waals surface area contributed by atoms with Crippen LogP contribution in [0.4, 0.5) is 10.1 Å². The van der Waals surface area contributed by atoms with Gasteiger partial charge in [0, 0.05) is 24.8 Å². The van der Waals surface area contributed by atoms with E-state index in [-0.39, 0.29) is 11.7 Å². The normalized spacial score (nSPS) is 10.4. The van der Waals surface area contributed by atoms with Gasteiger partial charge in [-0.1, -0.05) is 18.2 Å².